The highest BCUT2D eigenvalue weighted by molar-refractivity contribution is 6.37. The average Bonchev–Trinajstić information content (AvgIpc) is 2.50. The molecular weight excluding hydrogens is 325 g/mol. The van der Waals surface area contributed by atoms with Gasteiger partial charge in [0.15, 0.2) is 5.75 Å². The Labute approximate surface area is 137 Å². The number of aryl methyl sites for hydroxylation is 1. The molecule has 0 fully saturated rings. The molecule has 4 nitrogen and oxygen atoms in total. The summed E-state index contributed by atoms with van der Waals surface area (Å²) in [5.41, 5.74) is 2.29. The molecule has 0 aromatic heterocycles. The molecule has 2 aromatic rings. The molecule has 0 saturated carbocycles. The molecular formula is C16H13Cl2NO3. The standard InChI is InChI=1S/C16H13Cl2NO3/c17-13-8-11(19(20)21)9-14(18)16(13)22-15-7-3-5-10-4-1-2-6-12(10)15/h3,5,7-9H,1-2,4,6H2. The van der Waals surface area contributed by atoms with Crippen molar-refractivity contribution in [3.05, 3.63) is 61.6 Å². The van der Waals surface area contributed by atoms with Gasteiger partial charge in [0.25, 0.3) is 5.69 Å². The van der Waals surface area contributed by atoms with Crippen molar-refractivity contribution < 1.29 is 9.66 Å². The number of fused-ring (bicyclic) bond motifs is 1. The summed E-state index contributed by atoms with van der Waals surface area (Å²) < 4.78 is 5.89. The molecule has 3 rings (SSSR count). The molecule has 0 aliphatic heterocycles. The molecule has 0 heterocycles. The summed E-state index contributed by atoms with van der Waals surface area (Å²) in [7, 11) is 0. The van der Waals surface area contributed by atoms with Gasteiger partial charge in [0.05, 0.1) is 15.0 Å². The van der Waals surface area contributed by atoms with Crippen molar-refractivity contribution in [1.29, 1.82) is 0 Å². The number of ether oxygens (including phenoxy) is 1. The fraction of sp³-hybridized carbons (Fsp3) is 0.250. The van der Waals surface area contributed by atoms with Gasteiger partial charge >= 0.3 is 0 Å². The first-order valence-electron chi connectivity index (χ1n) is 6.98. The Kier molecular flexibility index (Phi) is 4.23. The van der Waals surface area contributed by atoms with E-state index in [4.69, 9.17) is 27.9 Å². The molecule has 22 heavy (non-hydrogen) atoms. The van der Waals surface area contributed by atoms with E-state index >= 15 is 0 Å². The second-order valence-electron chi connectivity index (χ2n) is 5.20. The zero-order chi connectivity index (χ0) is 15.7. The largest absolute Gasteiger partial charge is 0.454 e. The van der Waals surface area contributed by atoms with Crippen molar-refractivity contribution in [3.63, 3.8) is 0 Å². The molecule has 114 valence electrons. The molecule has 1 aliphatic carbocycles. The Morgan fingerprint density at radius 2 is 1.77 bits per heavy atom. The second kappa shape index (κ2) is 6.15. The van der Waals surface area contributed by atoms with Gasteiger partial charge in [-0.3, -0.25) is 10.1 Å². The van der Waals surface area contributed by atoms with Gasteiger partial charge in [-0.05, 0) is 42.9 Å². The average molecular weight is 338 g/mol. The van der Waals surface area contributed by atoms with Gasteiger partial charge in [0.2, 0.25) is 0 Å². The van der Waals surface area contributed by atoms with E-state index in [1.165, 1.54) is 29.7 Å². The topological polar surface area (TPSA) is 52.4 Å². The fourth-order valence-corrected chi connectivity index (χ4v) is 3.25. The normalized spacial score (nSPS) is 13.5. The molecule has 1 aliphatic rings. The van der Waals surface area contributed by atoms with Crippen molar-refractivity contribution in [2.24, 2.45) is 0 Å². The number of nitro benzene ring substituents is 1. The van der Waals surface area contributed by atoms with Gasteiger partial charge in [-0.2, -0.15) is 0 Å². The minimum absolute atomic E-state index is 0.132. The maximum Gasteiger partial charge on any atom is 0.272 e. The van der Waals surface area contributed by atoms with Gasteiger partial charge < -0.3 is 4.74 Å². The van der Waals surface area contributed by atoms with Crippen LogP contribution in [0.3, 0.4) is 0 Å². The summed E-state index contributed by atoms with van der Waals surface area (Å²) in [4.78, 5) is 10.3. The molecule has 0 unspecified atom stereocenters. The van der Waals surface area contributed by atoms with Crippen LogP contribution in [0.1, 0.15) is 24.0 Å². The van der Waals surface area contributed by atoms with Crippen LogP contribution in [0.15, 0.2) is 30.3 Å². The lowest BCUT2D eigenvalue weighted by Gasteiger charge is -2.20. The van der Waals surface area contributed by atoms with Crippen LogP contribution >= 0.6 is 23.2 Å². The van der Waals surface area contributed by atoms with E-state index < -0.39 is 4.92 Å². The number of non-ortho nitro benzene ring substituents is 1. The summed E-state index contributed by atoms with van der Waals surface area (Å²) in [6.45, 7) is 0. The van der Waals surface area contributed by atoms with Gasteiger partial charge in [0.1, 0.15) is 5.75 Å². The van der Waals surface area contributed by atoms with E-state index in [2.05, 4.69) is 6.07 Å². The molecule has 0 spiro atoms. The molecule has 0 saturated heterocycles. The summed E-state index contributed by atoms with van der Waals surface area (Å²) in [5, 5.41) is 11.1. The number of benzene rings is 2. The first kappa shape index (κ1) is 15.1. The van der Waals surface area contributed by atoms with Crippen LogP contribution < -0.4 is 4.74 Å². The van der Waals surface area contributed by atoms with Crippen molar-refractivity contribution in [3.8, 4) is 11.5 Å². The molecule has 0 radical (unpaired) electrons. The van der Waals surface area contributed by atoms with E-state index in [1.54, 1.807) is 0 Å². The Balaban J connectivity index is 1.99. The Morgan fingerprint density at radius 1 is 1.09 bits per heavy atom. The lowest BCUT2D eigenvalue weighted by Crippen LogP contribution is -2.04. The van der Waals surface area contributed by atoms with Crippen LogP contribution in [-0.4, -0.2) is 4.92 Å². The van der Waals surface area contributed by atoms with E-state index in [9.17, 15) is 10.1 Å². The number of hydrogen-bond acceptors (Lipinski definition) is 3. The third-order valence-corrected chi connectivity index (χ3v) is 4.32. The molecule has 0 N–H and O–H groups in total. The predicted octanol–water partition coefficient (Wildman–Crippen LogP) is 5.57. The van der Waals surface area contributed by atoms with Crippen molar-refractivity contribution in [2.75, 3.05) is 0 Å². The zero-order valence-electron chi connectivity index (χ0n) is 11.6. The predicted molar refractivity (Wildman–Crippen MR) is 86.3 cm³/mol. The third-order valence-electron chi connectivity index (χ3n) is 3.76. The molecule has 0 amide bonds. The molecule has 2 aromatic carbocycles. The van der Waals surface area contributed by atoms with E-state index in [-0.39, 0.29) is 21.5 Å². The molecule has 6 heteroatoms. The SMILES string of the molecule is O=[N+]([O-])c1cc(Cl)c(Oc2cccc3c2CCCC3)c(Cl)c1. The van der Waals surface area contributed by atoms with Crippen LogP contribution in [0.25, 0.3) is 0 Å². The number of halogens is 2. The summed E-state index contributed by atoms with van der Waals surface area (Å²) in [6.07, 6.45) is 4.28. The minimum atomic E-state index is -0.536. The quantitative estimate of drug-likeness (QED) is 0.543. The smallest absolute Gasteiger partial charge is 0.272 e. The Hall–Kier alpha value is -1.78. The highest BCUT2D eigenvalue weighted by atomic mass is 35.5. The molecule has 0 bridgehead atoms. The number of rotatable bonds is 3. The fourth-order valence-electron chi connectivity index (χ4n) is 2.70. The van der Waals surface area contributed by atoms with Crippen LogP contribution in [0.5, 0.6) is 11.5 Å². The van der Waals surface area contributed by atoms with Crippen LogP contribution in [0, 0.1) is 10.1 Å². The van der Waals surface area contributed by atoms with Crippen LogP contribution in [0.2, 0.25) is 10.0 Å². The van der Waals surface area contributed by atoms with Gasteiger partial charge in [0, 0.05) is 12.1 Å². The Bertz CT molecular complexity index is 723. The lowest BCUT2D eigenvalue weighted by atomic mass is 9.91. The van der Waals surface area contributed by atoms with Crippen molar-refractivity contribution >= 4 is 28.9 Å². The number of hydrogen-bond donors (Lipinski definition) is 0. The first-order chi connectivity index (χ1) is 10.6. The Morgan fingerprint density at radius 3 is 2.45 bits per heavy atom. The summed E-state index contributed by atoms with van der Waals surface area (Å²) in [5.74, 6) is 0.975. The van der Waals surface area contributed by atoms with Gasteiger partial charge in [-0.1, -0.05) is 35.3 Å². The monoisotopic (exact) mass is 337 g/mol. The minimum Gasteiger partial charge on any atom is -0.454 e. The highest BCUT2D eigenvalue weighted by Crippen LogP contribution is 2.41. The van der Waals surface area contributed by atoms with Crippen LogP contribution in [-0.2, 0) is 12.8 Å². The summed E-state index contributed by atoms with van der Waals surface area (Å²) in [6, 6.07) is 8.40. The molecule has 0 atom stereocenters. The van der Waals surface area contributed by atoms with E-state index in [0.717, 1.165) is 25.0 Å². The van der Waals surface area contributed by atoms with E-state index in [1.807, 2.05) is 12.1 Å². The second-order valence-corrected chi connectivity index (χ2v) is 6.01. The lowest BCUT2D eigenvalue weighted by molar-refractivity contribution is -0.384. The maximum atomic E-state index is 10.8. The third kappa shape index (κ3) is 2.89. The number of nitrogens with zero attached hydrogens (tertiary/aromatic N) is 1. The maximum absolute atomic E-state index is 10.8. The number of nitro groups is 1. The summed E-state index contributed by atoms with van der Waals surface area (Å²) >= 11 is 12.2. The zero-order valence-corrected chi connectivity index (χ0v) is 13.2. The van der Waals surface area contributed by atoms with E-state index in [0.29, 0.717) is 0 Å². The van der Waals surface area contributed by atoms with Crippen LogP contribution in [0.4, 0.5) is 5.69 Å². The van der Waals surface area contributed by atoms with Gasteiger partial charge in [-0.25, -0.2) is 0 Å². The van der Waals surface area contributed by atoms with Crippen molar-refractivity contribution in [2.45, 2.75) is 25.7 Å². The van der Waals surface area contributed by atoms with Crippen molar-refractivity contribution in [1.82, 2.24) is 0 Å². The van der Waals surface area contributed by atoms with Gasteiger partial charge in [-0.15, -0.1) is 0 Å². The first-order valence-corrected chi connectivity index (χ1v) is 7.74. The highest BCUT2D eigenvalue weighted by Gasteiger charge is 2.19.